The van der Waals surface area contributed by atoms with E-state index in [1.165, 1.54) is 64.7 Å². The van der Waals surface area contributed by atoms with E-state index >= 15 is 0 Å². The molecule has 0 aliphatic carbocycles. The molecule has 0 aromatic heterocycles. The van der Waals surface area contributed by atoms with Gasteiger partial charge in [-0.05, 0) is 32.1 Å². The minimum atomic E-state index is 0.960. The van der Waals surface area contributed by atoms with Crippen molar-refractivity contribution in [2.24, 2.45) is 0 Å². The Kier molecular flexibility index (Phi) is 3.62. The third kappa shape index (κ3) is 2.96. The molecule has 2 aliphatic heterocycles. The number of quaternary nitrogens is 2. The molecule has 0 aromatic carbocycles. The maximum atomic E-state index is 2.59. The molecule has 0 saturated carbocycles. The molecule has 2 aliphatic rings. The first-order valence-electron chi connectivity index (χ1n) is 6.12. The molecule has 2 fully saturated rings. The summed E-state index contributed by atoms with van der Waals surface area (Å²) in [5, 5.41) is 2.59. The van der Waals surface area contributed by atoms with Gasteiger partial charge in [0.25, 0.3) is 0 Å². The average Bonchev–Trinajstić information content (AvgIpc) is 2.21. The molecule has 1 atom stereocenters. The second-order valence-corrected chi connectivity index (χ2v) is 4.80. The van der Waals surface area contributed by atoms with Crippen molar-refractivity contribution in [2.45, 2.75) is 44.6 Å². The first kappa shape index (κ1) is 9.47. The van der Waals surface area contributed by atoms with E-state index < -0.39 is 0 Å². The zero-order valence-electron chi connectivity index (χ0n) is 8.73. The first-order valence-corrected chi connectivity index (χ1v) is 6.12. The largest absolute Gasteiger partial charge is 0.339 e. The van der Waals surface area contributed by atoms with Gasteiger partial charge in [-0.2, -0.15) is 0 Å². The molecule has 2 heterocycles. The predicted molar refractivity (Wildman–Crippen MR) is 53.8 cm³/mol. The third-order valence-electron chi connectivity index (χ3n) is 3.64. The molecule has 76 valence electrons. The lowest BCUT2D eigenvalue weighted by molar-refractivity contribution is -0.924. The number of hydrogen-bond donors (Lipinski definition) is 2. The second-order valence-electron chi connectivity index (χ2n) is 4.80. The molecule has 2 nitrogen and oxygen atoms in total. The number of piperidine rings is 2. The van der Waals surface area contributed by atoms with Crippen LogP contribution in [0.2, 0.25) is 0 Å². The molecule has 2 saturated heterocycles. The zero-order valence-corrected chi connectivity index (χ0v) is 8.73. The van der Waals surface area contributed by atoms with Crippen molar-refractivity contribution in [3.63, 3.8) is 0 Å². The van der Waals surface area contributed by atoms with E-state index in [1.807, 2.05) is 4.90 Å². The van der Waals surface area contributed by atoms with Gasteiger partial charge in [0.15, 0.2) is 0 Å². The summed E-state index contributed by atoms with van der Waals surface area (Å²) in [7, 11) is 0. The van der Waals surface area contributed by atoms with Gasteiger partial charge in [-0.1, -0.05) is 0 Å². The Labute approximate surface area is 81.7 Å². The number of nitrogens with two attached hydrogens (primary N) is 1. The van der Waals surface area contributed by atoms with Crippen molar-refractivity contribution in [1.82, 2.24) is 0 Å². The topological polar surface area (TPSA) is 21.1 Å². The van der Waals surface area contributed by atoms with Crippen LogP contribution in [0.25, 0.3) is 0 Å². The van der Waals surface area contributed by atoms with Crippen LogP contribution in [-0.2, 0) is 0 Å². The molecule has 0 spiro atoms. The van der Waals surface area contributed by atoms with Gasteiger partial charge >= 0.3 is 0 Å². The first-order chi connectivity index (χ1) is 6.45. The van der Waals surface area contributed by atoms with Gasteiger partial charge in [0.2, 0.25) is 0 Å². The molecule has 0 unspecified atom stereocenters. The molecule has 3 N–H and O–H groups in total. The minimum Gasteiger partial charge on any atom is -0.339 e. The number of rotatable bonds is 2. The van der Waals surface area contributed by atoms with Crippen molar-refractivity contribution in [3.8, 4) is 0 Å². The Balaban J connectivity index is 1.69. The van der Waals surface area contributed by atoms with Gasteiger partial charge in [0, 0.05) is 6.42 Å². The lowest BCUT2D eigenvalue weighted by atomic mass is 10.0. The van der Waals surface area contributed by atoms with Crippen molar-refractivity contribution in [3.05, 3.63) is 0 Å². The Morgan fingerprint density at radius 2 is 1.85 bits per heavy atom. The maximum Gasteiger partial charge on any atom is 0.135 e. The summed E-state index contributed by atoms with van der Waals surface area (Å²) < 4.78 is 0. The predicted octanol–water partition coefficient (Wildman–Crippen LogP) is -0.829. The molecule has 0 bridgehead atoms. The minimum absolute atomic E-state index is 0.960. The summed E-state index contributed by atoms with van der Waals surface area (Å²) in [6.07, 6.45) is 8.84. The number of likely N-dealkylation sites (tertiary alicyclic amines) is 1. The van der Waals surface area contributed by atoms with Crippen LogP contribution < -0.4 is 10.2 Å². The lowest BCUT2D eigenvalue weighted by Crippen LogP contribution is -3.17. The molecule has 2 heteroatoms. The number of nitrogens with one attached hydrogen (secondary N) is 1. The Bertz CT molecular complexity index is 119. The van der Waals surface area contributed by atoms with E-state index in [-0.39, 0.29) is 0 Å². The van der Waals surface area contributed by atoms with Crippen LogP contribution in [0.15, 0.2) is 0 Å². The van der Waals surface area contributed by atoms with Gasteiger partial charge in [0.05, 0.1) is 19.6 Å². The zero-order chi connectivity index (χ0) is 8.93. The Morgan fingerprint density at radius 1 is 1.00 bits per heavy atom. The van der Waals surface area contributed by atoms with Crippen LogP contribution in [0.1, 0.15) is 38.5 Å². The van der Waals surface area contributed by atoms with E-state index in [0.29, 0.717) is 0 Å². The van der Waals surface area contributed by atoms with E-state index in [2.05, 4.69) is 5.32 Å². The quantitative estimate of drug-likeness (QED) is 0.559. The summed E-state index contributed by atoms with van der Waals surface area (Å²) in [6, 6.07) is 0.960. The fourth-order valence-electron chi connectivity index (χ4n) is 2.83. The SMILES string of the molecule is C1CC[NH+](C[C@H]2CCCC[NH2+]2)CC1. The fraction of sp³-hybridized carbons (Fsp3) is 1.00. The van der Waals surface area contributed by atoms with Crippen LogP contribution in [0.3, 0.4) is 0 Å². The summed E-state index contributed by atoms with van der Waals surface area (Å²) in [5.74, 6) is 0. The fourth-order valence-corrected chi connectivity index (χ4v) is 2.83. The van der Waals surface area contributed by atoms with Gasteiger partial charge in [-0.25, -0.2) is 0 Å². The smallest absolute Gasteiger partial charge is 0.135 e. The van der Waals surface area contributed by atoms with E-state index in [1.54, 1.807) is 0 Å². The summed E-state index contributed by atoms with van der Waals surface area (Å²) in [4.78, 5) is 1.88. The summed E-state index contributed by atoms with van der Waals surface area (Å²) >= 11 is 0. The second kappa shape index (κ2) is 4.97. The Morgan fingerprint density at radius 3 is 2.54 bits per heavy atom. The van der Waals surface area contributed by atoms with Gasteiger partial charge in [-0.15, -0.1) is 0 Å². The number of hydrogen-bond acceptors (Lipinski definition) is 0. The average molecular weight is 184 g/mol. The molecule has 13 heavy (non-hydrogen) atoms. The highest BCUT2D eigenvalue weighted by Gasteiger charge is 2.23. The van der Waals surface area contributed by atoms with Crippen LogP contribution in [0.5, 0.6) is 0 Å². The van der Waals surface area contributed by atoms with Crippen molar-refractivity contribution in [1.29, 1.82) is 0 Å². The van der Waals surface area contributed by atoms with Crippen LogP contribution in [0.4, 0.5) is 0 Å². The third-order valence-corrected chi connectivity index (χ3v) is 3.64. The molecule has 0 radical (unpaired) electrons. The Hall–Kier alpha value is -0.0800. The van der Waals surface area contributed by atoms with Crippen LogP contribution in [0, 0.1) is 0 Å². The van der Waals surface area contributed by atoms with Crippen LogP contribution in [-0.4, -0.2) is 32.2 Å². The monoisotopic (exact) mass is 184 g/mol. The summed E-state index contributed by atoms with van der Waals surface area (Å²) in [6.45, 7) is 5.73. The lowest BCUT2D eigenvalue weighted by Gasteiger charge is -2.28. The van der Waals surface area contributed by atoms with Crippen molar-refractivity contribution < 1.29 is 10.2 Å². The van der Waals surface area contributed by atoms with E-state index in [9.17, 15) is 0 Å². The van der Waals surface area contributed by atoms with Crippen LogP contribution >= 0.6 is 0 Å². The molecular weight excluding hydrogens is 160 g/mol. The van der Waals surface area contributed by atoms with E-state index in [4.69, 9.17) is 0 Å². The molecule has 0 aromatic rings. The highest BCUT2D eigenvalue weighted by atomic mass is 15.2. The molecule has 0 amide bonds. The summed E-state index contributed by atoms with van der Waals surface area (Å²) in [5.41, 5.74) is 0. The highest BCUT2D eigenvalue weighted by Crippen LogP contribution is 2.00. The van der Waals surface area contributed by atoms with Gasteiger partial charge in [0.1, 0.15) is 12.6 Å². The molecular formula is C11H24N2+2. The van der Waals surface area contributed by atoms with Crippen molar-refractivity contribution in [2.75, 3.05) is 26.2 Å². The van der Waals surface area contributed by atoms with Gasteiger partial charge < -0.3 is 10.2 Å². The highest BCUT2D eigenvalue weighted by molar-refractivity contribution is 4.58. The van der Waals surface area contributed by atoms with Crippen molar-refractivity contribution >= 4 is 0 Å². The van der Waals surface area contributed by atoms with E-state index in [0.717, 1.165) is 6.04 Å². The van der Waals surface area contributed by atoms with Gasteiger partial charge in [-0.3, -0.25) is 0 Å². The normalized spacial score (nSPS) is 31.8. The maximum absolute atomic E-state index is 2.59. The standard InChI is InChI=1S/C11H22N2/c1-4-8-13(9-5-1)10-11-6-2-3-7-12-11/h11-12H,1-10H2/p+2/t11-/m1/s1. The molecule has 2 rings (SSSR count).